The van der Waals surface area contributed by atoms with Gasteiger partial charge in [-0.3, -0.25) is 9.78 Å². The predicted molar refractivity (Wildman–Crippen MR) is 134 cm³/mol. The smallest absolute Gasteiger partial charge is 0.370 e. The van der Waals surface area contributed by atoms with E-state index in [1.165, 1.54) is 10.4 Å². The average Bonchev–Trinajstić information content (AvgIpc) is 2.88. The second kappa shape index (κ2) is 11.8. The number of rotatable bonds is 7. The summed E-state index contributed by atoms with van der Waals surface area (Å²) in [4.78, 5) is 18.7. The largest absolute Gasteiger partial charge is 0.416 e. The molecule has 2 aliphatic rings. The van der Waals surface area contributed by atoms with Crippen LogP contribution in [0.5, 0.6) is 0 Å². The zero-order valence-corrected chi connectivity index (χ0v) is 22.6. The first-order chi connectivity index (χ1) is 17.6. The van der Waals surface area contributed by atoms with E-state index in [-0.39, 0.29) is 31.7 Å². The van der Waals surface area contributed by atoms with Gasteiger partial charge in [0, 0.05) is 36.0 Å². The summed E-state index contributed by atoms with van der Waals surface area (Å²) in [7, 11) is -4.17. The van der Waals surface area contributed by atoms with Crippen LogP contribution in [-0.2, 0) is 25.7 Å². The Morgan fingerprint density at radius 3 is 2.59 bits per heavy atom. The molecule has 0 aliphatic carbocycles. The Morgan fingerprint density at radius 2 is 1.84 bits per heavy atom. The molecule has 1 amide bonds. The van der Waals surface area contributed by atoms with E-state index < -0.39 is 32.7 Å². The fourth-order valence-electron chi connectivity index (χ4n) is 4.98. The van der Waals surface area contributed by atoms with Crippen LogP contribution >= 0.6 is 15.9 Å². The molecular weight excluding hydrogens is 575 g/mol. The molecular formula is C25H29BrF3N3O4S. The number of carbonyl (C=O) groups excluding carboxylic acids is 1. The molecule has 2 aromatic rings. The third-order valence-corrected chi connectivity index (χ3v) is 9.19. The molecule has 202 valence electrons. The van der Waals surface area contributed by atoms with Crippen LogP contribution in [0.4, 0.5) is 13.2 Å². The Kier molecular flexibility index (Phi) is 8.93. The van der Waals surface area contributed by atoms with Gasteiger partial charge in [-0.1, -0.05) is 12.5 Å². The molecule has 0 spiro atoms. The lowest BCUT2D eigenvalue weighted by Gasteiger charge is -2.37. The van der Waals surface area contributed by atoms with E-state index in [0.29, 0.717) is 25.5 Å². The lowest BCUT2D eigenvalue weighted by atomic mass is 9.96. The van der Waals surface area contributed by atoms with Crippen LogP contribution in [0.25, 0.3) is 0 Å². The second-order valence-corrected chi connectivity index (χ2v) is 12.1. The number of sulfonamides is 1. The fourth-order valence-corrected chi connectivity index (χ4v) is 7.09. The van der Waals surface area contributed by atoms with Crippen LogP contribution in [0.1, 0.15) is 55.7 Å². The highest BCUT2D eigenvalue weighted by Gasteiger charge is 2.37. The van der Waals surface area contributed by atoms with Crippen molar-refractivity contribution in [3.8, 4) is 0 Å². The van der Waals surface area contributed by atoms with Crippen molar-refractivity contribution in [1.82, 2.24) is 14.2 Å². The lowest BCUT2D eigenvalue weighted by molar-refractivity contribution is -0.140. The van der Waals surface area contributed by atoms with E-state index in [1.807, 2.05) is 6.07 Å². The van der Waals surface area contributed by atoms with Crippen molar-refractivity contribution in [2.45, 2.75) is 61.7 Å². The highest BCUT2D eigenvalue weighted by molar-refractivity contribution is 9.10. The number of benzene rings is 1. The standard InChI is InChI=1S/C25H29BrF3N3O4S/c26-20-12-18(14-30-15-20)23-9-2-3-10-31(23)24(33)17-36-16-21-7-1-4-11-32(21)37(34,35)22-8-5-6-19(13-22)25(27,28)29/h5-6,8,12-15,21,23H,1-4,7,9-11,16-17H2. The molecule has 3 heterocycles. The fraction of sp³-hybridized carbons (Fsp3) is 0.520. The summed E-state index contributed by atoms with van der Waals surface area (Å²) in [6, 6.07) is 5.06. The molecule has 7 nitrogen and oxygen atoms in total. The molecule has 12 heteroatoms. The first-order valence-corrected chi connectivity index (χ1v) is 14.5. The summed E-state index contributed by atoms with van der Waals surface area (Å²) in [6.07, 6.45) is 3.35. The quantitative estimate of drug-likeness (QED) is 0.436. The van der Waals surface area contributed by atoms with E-state index in [4.69, 9.17) is 4.74 Å². The number of nitrogens with zero attached hydrogens (tertiary/aromatic N) is 3. The summed E-state index contributed by atoms with van der Waals surface area (Å²) in [6.45, 7) is 0.566. The number of piperidine rings is 2. The van der Waals surface area contributed by atoms with Gasteiger partial charge in [0.1, 0.15) is 6.61 Å². The van der Waals surface area contributed by atoms with E-state index >= 15 is 0 Å². The number of halogens is 4. The Bertz CT molecular complexity index is 1210. The molecule has 37 heavy (non-hydrogen) atoms. The Hall–Kier alpha value is -2.02. The average molecular weight is 604 g/mol. The van der Waals surface area contributed by atoms with Crippen molar-refractivity contribution < 1.29 is 31.1 Å². The molecule has 0 bridgehead atoms. The first kappa shape index (κ1) is 28.0. The molecule has 2 aliphatic heterocycles. The maximum Gasteiger partial charge on any atom is 0.416 e. The van der Waals surface area contributed by atoms with Crippen LogP contribution < -0.4 is 0 Å². The SMILES string of the molecule is O=C(COCC1CCCCN1S(=O)(=O)c1cccc(C(F)(F)F)c1)N1CCCCC1c1cncc(Br)c1. The number of ether oxygens (including phenoxy) is 1. The van der Waals surface area contributed by atoms with Crippen molar-refractivity contribution in [1.29, 1.82) is 0 Å². The van der Waals surface area contributed by atoms with Gasteiger partial charge in [0.15, 0.2) is 0 Å². The molecule has 0 N–H and O–H groups in total. The van der Waals surface area contributed by atoms with Gasteiger partial charge in [0.05, 0.1) is 23.1 Å². The highest BCUT2D eigenvalue weighted by Crippen LogP contribution is 2.33. The maximum absolute atomic E-state index is 13.3. The summed E-state index contributed by atoms with van der Waals surface area (Å²) >= 11 is 3.42. The van der Waals surface area contributed by atoms with Crippen molar-refractivity contribution in [2.75, 3.05) is 26.3 Å². The third kappa shape index (κ3) is 6.71. The minimum Gasteiger partial charge on any atom is -0.370 e. The molecule has 0 radical (unpaired) electrons. The van der Waals surface area contributed by atoms with Gasteiger partial charge in [-0.2, -0.15) is 17.5 Å². The summed E-state index contributed by atoms with van der Waals surface area (Å²) in [5, 5.41) is 0. The van der Waals surface area contributed by atoms with Crippen molar-refractivity contribution in [3.63, 3.8) is 0 Å². The van der Waals surface area contributed by atoms with Gasteiger partial charge >= 0.3 is 6.18 Å². The number of hydrogen-bond donors (Lipinski definition) is 0. The van der Waals surface area contributed by atoms with Gasteiger partial charge in [-0.05, 0) is 77.9 Å². The van der Waals surface area contributed by atoms with E-state index in [1.54, 1.807) is 17.3 Å². The summed E-state index contributed by atoms with van der Waals surface area (Å²) in [5.41, 5.74) is -0.0752. The van der Waals surface area contributed by atoms with Crippen molar-refractivity contribution >= 4 is 31.9 Å². The van der Waals surface area contributed by atoms with Gasteiger partial charge < -0.3 is 9.64 Å². The van der Waals surface area contributed by atoms with Gasteiger partial charge in [0.2, 0.25) is 15.9 Å². The Morgan fingerprint density at radius 1 is 1.08 bits per heavy atom. The van der Waals surface area contributed by atoms with Crippen molar-refractivity contribution in [2.24, 2.45) is 0 Å². The van der Waals surface area contributed by atoms with Gasteiger partial charge in [-0.15, -0.1) is 0 Å². The van der Waals surface area contributed by atoms with E-state index in [9.17, 15) is 26.4 Å². The zero-order chi connectivity index (χ0) is 26.6. The number of hydrogen-bond acceptors (Lipinski definition) is 5. The third-order valence-electron chi connectivity index (χ3n) is 6.81. The molecule has 1 aromatic carbocycles. The van der Waals surface area contributed by atoms with Crippen LogP contribution in [0, 0.1) is 0 Å². The van der Waals surface area contributed by atoms with Crippen LogP contribution in [0.15, 0.2) is 52.1 Å². The van der Waals surface area contributed by atoms with Crippen molar-refractivity contribution in [3.05, 3.63) is 58.3 Å². The monoisotopic (exact) mass is 603 g/mol. The van der Waals surface area contributed by atoms with Gasteiger partial charge in [-0.25, -0.2) is 8.42 Å². The van der Waals surface area contributed by atoms with E-state index in [0.717, 1.165) is 47.9 Å². The van der Waals surface area contributed by atoms with Crippen LogP contribution in [-0.4, -0.2) is 60.9 Å². The van der Waals surface area contributed by atoms with E-state index in [2.05, 4.69) is 20.9 Å². The second-order valence-electron chi connectivity index (χ2n) is 9.34. The van der Waals surface area contributed by atoms with Gasteiger partial charge in [0.25, 0.3) is 0 Å². The normalized spacial score (nSPS) is 21.7. The number of likely N-dealkylation sites (tertiary alicyclic amines) is 1. The van der Waals surface area contributed by atoms with Crippen LogP contribution in [0.2, 0.25) is 0 Å². The molecule has 4 rings (SSSR count). The molecule has 2 saturated heterocycles. The Balaban J connectivity index is 1.42. The summed E-state index contributed by atoms with van der Waals surface area (Å²) in [5.74, 6) is -0.187. The first-order valence-electron chi connectivity index (χ1n) is 12.2. The number of carbonyl (C=O) groups is 1. The zero-order valence-electron chi connectivity index (χ0n) is 20.2. The molecule has 1 aromatic heterocycles. The lowest BCUT2D eigenvalue weighted by Crippen LogP contribution is -2.47. The molecule has 2 atom stereocenters. The molecule has 2 unspecified atom stereocenters. The number of aromatic nitrogens is 1. The Labute approximate surface area is 223 Å². The minimum atomic E-state index is -4.64. The number of pyridine rings is 1. The van der Waals surface area contributed by atoms with Crippen LogP contribution in [0.3, 0.4) is 0 Å². The topological polar surface area (TPSA) is 79.8 Å². The maximum atomic E-state index is 13.3. The molecule has 0 saturated carbocycles. The highest BCUT2D eigenvalue weighted by atomic mass is 79.9. The minimum absolute atomic E-state index is 0.0130. The molecule has 2 fully saturated rings. The summed E-state index contributed by atoms with van der Waals surface area (Å²) < 4.78 is 73.8. The number of alkyl halides is 3. The predicted octanol–water partition coefficient (Wildman–Crippen LogP) is 5.18. The number of amides is 1.